The lowest BCUT2D eigenvalue weighted by Gasteiger charge is -2.19. The third kappa shape index (κ3) is 3.79. The molecule has 1 amide bonds. The molecule has 3 aromatic rings. The number of hydrogen-bond acceptors (Lipinski definition) is 2. The van der Waals surface area contributed by atoms with Gasteiger partial charge in [-0.15, -0.1) is 11.3 Å². The molecule has 3 rings (SSSR count). The second-order valence-corrected chi connectivity index (χ2v) is 8.44. The van der Waals surface area contributed by atoms with Crippen molar-refractivity contribution >= 4 is 27.5 Å². The zero-order valence-corrected chi connectivity index (χ0v) is 16.2. The molecular formula is C21H26N2OS. The van der Waals surface area contributed by atoms with Gasteiger partial charge in [0.1, 0.15) is 5.69 Å². The van der Waals surface area contributed by atoms with Gasteiger partial charge in [-0.1, -0.05) is 52.0 Å². The van der Waals surface area contributed by atoms with Gasteiger partial charge in [-0.25, -0.2) is 0 Å². The second kappa shape index (κ2) is 7.04. The minimum absolute atomic E-state index is 0.0107. The van der Waals surface area contributed by atoms with E-state index in [-0.39, 0.29) is 11.3 Å². The van der Waals surface area contributed by atoms with E-state index in [2.05, 4.69) is 73.3 Å². The van der Waals surface area contributed by atoms with E-state index < -0.39 is 0 Å². The van der Waals surface area contributed by atoms with Crippen LogP contribution in [0.3, 0.4) is 0 Å². The predicted octanol–water partition coefficient (Wildman–Crippen LogP) is 5.19. The summed E-state index contributed by atoms with van der Waals surface area (Å²) in [4.78, 5) is 12.5. The summed E-state index contributed by atoms with van der Waals surface area (Å²) in [6, 6.07) is 12.8. The number of amides is 1. The van der Waals surface area contributed by atoms with Gasteiger partial charge in [0.25, 0.3) is 5.91 Å². The fraction of sp³-hybridized carbons (Fsp3) is 0.381. The number of benzene rings is 1. The number of nitrogens with zero attached hydrogens (tertiary/aromatic N) is 1. The van der Waals surface area contributed by atoms with Crippen molar-refractivity contribution < 1.29 is 4.79 Å². The Bertz CT molecular complexity index is 866. The number of carbonyl (C=O) groups is 1. The molecular weight excluding hydrogens is 328 g/mol. The van der Waals surface area contributed by atoms with E-state index in [0.717, 1.165) is 22.3 Å². The number of hydrogen-bond donors (Lipinski definition) is 1. The zero-order chi connectivity index (χ0) is 18.0. The van der Waals surface area contributed by atoms with Crippen molar-refractivity contribution in [1.29, 1.82) is 0 Å². The molecule has 0 atom stereocenters. The molecule has 3 nitrogen and oxygen atoms in total. The van der Waals surface area contributed by atoms with Gasteiger partial charge in [-0.05, 0) is 40.5 Å². The fourth-order valence-electron chi connectivity index (χ4n) is 2.96. The monoisotopic (exact) mass is 354 g/mol. The molecule has 0 fully saturated rings. The van der Waals surface area contributed by atoms with E-state index in [1.165, 1.54) is 11.1 Å². The SMILES string of the molecule is CCCNC(=O)c1cc2sccc2n1Cc1ccc(C(C)(C)C)cc1. The van der Waals surface area contributed by atoms with Gasteiger partial charge in [0, 0.05) is 13.1 Å². The van der Waals surface area contributed by atoms with Crippen molar-refractivity contribution in [3.63, 3.8) is 0 Å². The highest BCUT2D eigenvalue weighted by Crippen LogP contribution is 2.27. The Morgan fingerprint density at radius 2 is 1.88 bits per heavy atom. The Morgan fingerprint density at radius 3 is 2.52 bits per heavy atom. The Hall–Kier alpha value is -2.07. The van der Waals surface area contributed by atoms with Gasteiger partial charge in [-0.3, -0.25) is 4.79 Å². The van der Waals surface area contributed by atoms with Crippen LogP contribution in [0, 0.1) is 0 Å². The molecule has 0 aliphatic carbocycles. The molecule has 0 saturated heterocycles. The van der Waals surface area contributed by atoms with Crippen LogP contribution in [0.1, 0.15) is 55.7 Å². The highest BCUT2D eigenvalue weighted by molar-refractivity contribution is 7.17. The largest absolute Gasteiger partial charge is 0.351 e. The Kier molecular flexibility index (Phi) is 5.00. The van der Waals surface area contributed by atoms with Crippen LogP contribution in [0.4, 0.5) is 0 Å². The van der Waals surface area contributed by atoms with Gasteiger partial charge in [0.05, 0.1) is 10.2 Å². The molecule has 0 saturated carbocycles. The third-order valence-electron chi connectivity index (χ3n) is 4.45. The van der Waals surface area contributed by atoms with Crippen molar-refractivity contribution in [2.75, 3.05) is 6.54 Å². The first-order valence-electron chi connectivity index (χ1n) is 8.84. The first kappa shape index (κ1) is 17.7. The van der Waals surface area contributed by atoms with Gasteiger partial charge in [-0.2, -0.15) is 0 Å². The number of carbonyl (C=O) groups excluding carboxylic acids is 1. The summed E-state index contributed by atoms with van der Waals surface area (Å²) >= 11 is 1.68. The number of rotatable bonds is 5. The molecule has 1 N–H and O–H groups in total. The summed E-state index contributed by atoms with van der Waals surface area (Å²) in [6.07, 6.45) is 0.940. The van der Waals surface area contributed by atoms with Gasteiger partial charge >= 0.3 is 0 Å². The van der Waals surface area contributed by atoms with Crippen molar-refractivity contribution in [1.82, 2.24) is 9.88 Å². The number of nitrogens with one attached hydrogen (secondary N) is 1. The molecule has 0 bridgehead atoms. The standard InChI is InChI=1S/C21H26N2OS/c1-5-11-22-20(24)18-13-19-17(10-12-25-19)23(18)14-15-6-8-16(9-7-15)21(2,3)4/h6-10,12-13H,5,11,14H2,1-4H3,(H,22,24). The minimum atomic E-state index is 0.0107. The molecule has 0 unspecified atom stereocenters. The first-order chi connectivity index (χ1) is 11.9. The van der Waals surface area contributed by atoms with Crippen LogP contribution in [-0.4, -0.2) is 17.0 Å². The Labute approximate surface area is 153 Å². The van der Waals surface area contributed by atoms with Crippen LogP contribution in [0.5, 0.6) is 0 Å². The van der Waals surface area contributed by atoms with Crippen molar-refractivity contribution in [3.8, 4) is 0 Å². The molecule has 0 aliphatic heterocycles. The zero-order valence-electron chi connectivity index (χ0n) is 15.4. The van der Waals surface area contributed by atoms with E-state index in [1.807, 2.05) is 6.07 Å². The van der Waals surface area contributed by atoms with Crippen LogP contribution in [0.2, 0.25) is 0 Å². The van der Waals surface area contributed by atoms with Crippen LogP contribution < -0.4 is 5.32 Å². The Balaban J connectivity index is 1.92. The highest BCUT2D eigenvalue weighted by atomic mass is 32.1. The predicted molar refractivity (Wildman–Crippen MR) is 107 cm³/mol. The van der Waals surface area contributed by atoms with Crippen LogP contribution in [-0.2, 0) is 12.0 Å². The quantitative estimate of drug-likeness (QED) is 0.672. The minimum Gasteiger partial charge on any atom is -0.351 e. The normalized spacial score (nSPS) is 11.8. The van der Waals surface area contributed by atoms with Crippen molar-refractivity contribution in [2.24, 2.45) is 0 Å². The summed E-state index contributed by atoms with van der Waals surface area (Å²) in [6.45, 7) is 10.1. The van der Waals surface area contributed by atoms with Crippen LogP contribution in [0.15, 0.2) is 41.8 Å². The number of thiophene rings is 1. The highest BCUT2D eigenvalue weighted by Gasteiger charge is 2.17. The molecule has 1 aromatic carbocycles. The molecule has 25 heavy (non-hydrogen) atoms. The summed E-state index contributed by atoms with van der Waals surface area (Å²) in [5, 5.41) is 5.08. The van der Waals surface area contributed by atoms with Crippen LogP contribution in [0.25, 0.3) is 10.2 Å². The van der Waals surface area contributed by atoms with E-state index in [4.69, 9.17) is 0 Å². The smallest absolute Gasteiger partial charge is 0.267 e. The molecule has 0 spiro atoms. The van der Waals surface area contributed by atoms with E-state index in [1.54, 1.807) is 11.3 Å². The van der Waals surface area contributed by atoms with Crippen molar-refractivity contribution in [2.45, 2.75) is 46.1 Å². The van der Waals surface area contributed by atoms with Gasteiger partial charge in [0.15, 0.2) is 0 Å². The van der Waals surface area contributed by atoms with Crippen molar-refractivity contribution in [3.05, 3.63) is 58.6 Å². The fourth-order valence-corrected chi connectivity index (χ4v) is 3.78. The summed E-state index contributed by atoms with van der Waals surface area (Å²) in [5.41, 5.74) is 4.56. The summed E-state index contributed by atoms with van der Waals surface area (Å²) < 4.78 is 3.29. The lowest BCUT2D eigenvalue weighted by atomic mass is 9.87. The average molecular weight is 355 g/mol. The maximum Gasteiger partial charge on any atom is 0.267 e. The van der Waals surface area contributed by atoms with E-state index in [9.17, 15) is 4.79 Å². The van der Waals surface area contributed by atoms with E-state index >= 15 is 0 Å². The van der Waals surface area contributed by atoms with Gasteiger partial charge < -0.3 is 9.88 Å². The summed E-state index contributed by atoms with van der Waals surface area (Å²) in [5.74, 6) is 0.0107. The molecule has 0 aliphatic rings. The summed E-state index contributed by atoms with van der Waals surface area (Å²) in [7, 11) is 0. The topological polar surface area (TPSA) is 34.0 Å². The number of fused-ring (bicyclic) bond motifs is 1. The third-order valence-corrected chi connectivity index (χ3v) is 5.30. The molecule has 2 heterocycles. The second-order valence-electron chi connectivity index (χ2n) is 7.49. The molecule has 4 heteroatoms. The maximum atomic E-state index is 12.5. The lowest BCUT2D eigenvalue weighted by Crippen LogP contribution is -2.26. The lowest BCUT2D eigenvalue weighted by molar-refractivity contribution is 0.0945. The van der Waals surface area contributed by atoms with E-state index in [0.29, 0.717) is 13.1 Å². The average Bonchev–Trinajstić information content (AvgIpc) is 3.15. The molecule has 132 valence electrons. The van der Waals surface area contributed by atoms with Crippen LogP contribution >= 0.6 is 11.3 Å². The molecule has 2 aromatic heterocycles. The van der Waals surface area contributed by atoms with Gasteiger partial charge in [0.2, 0.25) is 0 Å². The Morgan fingerprint density at radius 1 is 1.16 bits per heavy atom. The maximum absolute atomic E-state index is 12.5. The first-order valence-corrected chi connectivity index (χ1v) is 9.72. The number of aromatic nitrogens is 1. The molecule has 0 radical (unpaired) electrons.